The van der Waals surface area contributed by atoms with Crippen LogP contribution >= 0.6 is 0 Å². The molecule has 0 saturated heterocycles. The van der Waals surface area contributed by atoms with Crippen LogP contribution in [0.3, 0.4) is 0 Å². The van der Waals surface area contributed by atoms with Gasteiger partial charge in [0.15, 0.2) is 0 Å². The summed E-state index contributed by atoms with van der Waals surface area (Å²) in [5.41, 5.74) is 2.03. The van der Waals surface area contributed by atoms with Gasteiger partial charge in [0.2, 0.25) is 0 Å². The second-order valence-corrected chi connectivity index (χ2v) is 3.42. The summed E-state index contributed by atoms with van der Waals surface area (Å²) >= 11 is 0. The van der Waals surface area contributed by atoms with Crippen molar-refractivity contribution in [3.05, 3.63) is 54.1 Å². The first-order valence-electron chi connectivity index (χ1n) is 5.05. The molecule has 2 rings (SSSR count). The topological polar surface area (TPSA) is 38.0 Å². The standard InChI is InChI=1S/C12H14N2O/c15-10-12-5-3-8-14(12)9-6-11-4-1-2-7-13-11/h1-5,7-8,15H,6,9-10H2. The maximum Gasteiger partial charge on any atom is 0.0832 e. The lowest BCUT2D eigenvalue weighted by atomic mass is 10.2. The molecule has 0 aliphatic rings. The van der Waals surface area contributed by atoms with Crippen LogP contribution in [0.4, 0.5) is 0 Å². The fourth-order valence-electron chi connectivity index (χ4n) is 1.59. The number of pyridine rings is 1. The maximum atomic E-state index is 9.07. The lowest BCUT2D eigenvalue weighted by Gasteiger charge is -2.06. The van der Waals surface area contributed by atoms with E-state index in [2.05, 4.69) is 9.55 Å². The van der Waals surface area contributed by atoms with Crippen LogP contribution in [0.15, 0.2) is 42.7 Å². The summed E-state index contributed by atoms with van der Waals surface area (Å²) in [6.45, 7) is 0.953. The van der Waals surface area contributed by atoms with E-state index in [0.29, 0.717) is 0 Å². The Labute approximate surface area is 89.0 Å². The second kappa shape index (κ2) is 4.75. The summed E-state index contributed by atoms with van der Waals surface area (Å²) in [7, 11) is 0. The van der Waals surface area contributed by atoms with Crippen molar-refractivity contribution in [2.75, 3.05) is 0 Å². The zero-order valence-corrected chi connectivity index (χ0v) is 8.50. The van der Waals surface area contributed by atoms with Crippen molar-refractivity contribution in [1.29, 1.82) is 0 Å². The van der Waals surface area contributed by atoms with Crippen LogP contribution in [-0.2, 0) is 19.6 Å². The molecular weight excluding hydrogens is 188 g/mol. The minimum Gasteiger partial charge on any atom is -0.390 e. The van der Waals surface area contributed by atoms with Gasteiger partial charge in [-0.1, -0.05) is 6.07 Å². The third-order valence-electron chi connectivity index (χ3n) is 2.42. The van der Waals surface area contributed by atoms with Gasteiger partial charge in [-0.05, 0) is 24.3 Å². The highest BCUT2D eigenvalue weighted by molar-refractivity contribution is 5.07. The quantitative estimate of drug-likeness (QED) is 0.818. The molecule has 2 heterocycles. The van der Waals surface area contributed by atoms with Crippen LogP contribution in [0, 0.1) is 0 Å². The van der Waals surface area contributed by atoms with Crippen molar-refractivity contribution in [3.8, 4) is 0 Å². The minimum atomic E-state index is 0.0925. The first-order chi connectivity index (χ1) is 7.40. The average molecular weight is 202 g/mol. The molecule has 0 unspecified atom stereocenters. The van der Waals surface area contributed by atoms with Crippen LogP contribution in [0.5, 0.6) is 0 Å². The van der Waals surface area contributed by atoms with Crippen LogP contribution in [0.2, 0.25) is 0 Å². The fourth-order valence-corrected chi connectivity index (χ4v) is 1.59. The summed E-state index contributed by atoms with van der Waals surface area (Å²) in [6, 6.07) is 9.80. The van der Waals surface area contributed by atoms with Crippen molar-refractivity contribution >= 4 is 0 Å². The van der Waals surface area contributed by atoms with E-state index in [4.69, 9.17) is 5.11 Å². The molecule has 0 fully saturated rings. The number of hydrogen-bond donors (Lipinski definition) is 1. The minimum absolute atomic E-state index is 0.0925. The summed E-state index contributed by atoms with van der Waals surface area (Å²) in [5.74, 6) is 0. The monoisotopic (exact) mass is 202 g/mol. The Morgan fingerprint density at radius 2 is 2.13 bits per heavy atom. The third kappa shape index (κ3) is 2.44. The zero-order valence-electron chi connectivity index (χ0n) is 8.50. The Morgan fingerprint density at radius 1 is 1.20 bits per heavy atom. The first kappa shape index (κ1) is 9.93. The van der Waals surface area contributed by atoms with Crippen LogP contribution in [0.25, 0.3) is 0 Å². The number of nitrogens with zero attached hydrogens (tertiary/aromatic N) is 2. The lowest BCUT2D eigenvalue weighted by molar-refractivity contribution is 0.270. The smallest absolute Gasteiger partial charge is 0.0832 e. The highest BCUT2D eigenvalue weighted by atomic mass is 16.3. The summed E-state index contributed by atoms with van der Waals surface area (Å²) < 4.78 is 2.05. The molecule has 2 aromatic rings. The number of aromatic nitrogens is 2. The highest BCUT2D eigenvalue weighted by Gasteiger charge is 1.99. The van der Waals surface area contributed by atoms with Crippen LogP contribution in [-0.4, -0.2) is 14.7 Å². The number of hydrogen-bond acceptors (Lipinski definition) is 2. The highest BCUT2D eigenvalue weighted by Crippen LogP contribution is 2.04. The molecule has 0 saturated carbocycles. The number of aryl methyl sites for hydroxylation is 2. The zero-order chi connectivity index (χ0) is 10.5. The van der Waals surface area contributed by atoms with Gasteiger partial charge in [-0.15, -0.1) is 0 Å². The van der Waals surface area contributed by atoms with Gasteiger partial charge in [-0.25, -0.2) is 0 Å². The van der Waals surface area contributed by atoms with Gasteiger partial charge in [0.05, 0.1) is 6.61 Å². The molecule has 78 valence electrons. The van der Waals surface area contributed by atoms with E-state index in [1.165, 1.54) is 0 Å². The van der Waals surface area contributed by atoms with Gasteiger partial charge in [0.1, 0.15) is 0 Å². The van der Waals surface area contributed by atoms with Crippen LogP contribution < -0.4 is 0 Å². The number of rotatable bonds is 4. The van der Waals surface area contributed by atoms with Crippen LogP contribution in [0.1, 0.15) is 11.4 Å². The predicted octanol–water partition coefficient (Wildman–Crippen LogP) is 1.62. The largest absolute Gasteiger partial charge is 0.390 e. The molecule has 1 N–H and O–H groups in total. The molecular formula is C12H14N2O. The van der Waals surface area contributed by atoms with Crippen molar-refractivity contribution < 1.29 is 5.11 Å². The molecule has 2 aromatic heterocycles. The van der Waals surface area contributed by atoms with E-state index in [9.17, 15) is 0 Å². The van der Waals surface area contributed by atoms with Gasteiger partial charge in [0, 0.05) is 36.7 Å². The van der Waals surface area contributed by atoms with E-state index < -0.39 is 0 Å². The number of aliphatic hydroxyl groups excluding tert-OH is 1. The molecule has 15 heavy (non-hydrogen) atoms. The normalized spacial score (nSPS) is 10.5. The molecule has 0 aromatic carbocycles. The molecule has 0 aliphatic carbocycles. The van der Waals surface area contributed by atoms with E-state index in [-0.39, 0.29) is 6.61 Å². The van der Waals surface area contributed by atoms with Crippen molar-refractivity contribution in [3.63, 3.8) is 0 Å². The molecule has 0 aliphatic heterocycles. The molecule has 0 spiro atoms. The Hall–Kier alpha value is -1.61. The van der Waals surface area contributed by atoms with Gasteiger partial charge in [-0.3, -0.25) is 4.98 Å². The van der Waals surface area contributed by atoms with Gasteiger partial charge in [-0.2, -0.15) is 0 Å². The summed E-state index contributed by atoms with van der Waals surface area (Å²) in [5, 5.41) is 9.07. The number of aliphatic hydroxyl groups is 1. The molecule has 0 atom stereocenters. The average Bonchev–Trinajstić information content (AvgIpc) is 2.75. The molecule has 3 nitrogen and oxygen atoms in total. The Bertz CT molecular complexity index is 409. The Balaban J connectivity index is 1.99. The first-order valence-corrected chi connectivity index (χ1v) is 5.05. The van der Waals surface area contributed by atoms with Gasteiger partial charge in [0.25, 0.3) is 0 Å². The third-order valence-corrected chi connectivity index (χ3v) is 2.42. The molecule has 3 heteroatoms. The lowest BCUT2D eigenvalue weighted by Crippen LogP contribution is -2.05. The predicted molar refractivity (Wildman–Crippen MR) is 58.3 cm³/mol. The van der Waals surface area contributed by atoms with E-state index in [1.807, 2.05) is 36.5 Å². The molecule has 0 radical (unpaired) electrons. The van der Waals surface area contributed by atoms with E-state index >= 15 is 0 Å². The maximum absolute atomic E-state index is 9.07. The van der Waals surface area contributed by atoms with Gasteiger partial charge >= 0.3 is 0 Å². The second-order valence-electron chi connectivity index (χ2n) is 3.42. The summed E-state index contributed by atoms with van der Waals surface area (Å²) in [6.07, 6.45) is 4.68. The Kier molecular flexibility index (Phi) is 3.15. The molecule has 0 amide bonds. The van der Waals surface area contributed by atoms with Gasteiger partial charge < -0.3 is 9.67 Å². The van der Waals surface area contributed by atoms with Crippen molar-refractivity contribution in [2.24, 2.45) is 0 Å². The fraction of sp³-hybridized carbons (Fsp3) is 0.250. The van der Waals surface area contributed by atoms with E-state index in [0.717, 1.165) is 24.4 Å². The van der Waals surface area contributed by atoms with Crippen molar-refractivity contribution in [2.45, 2.75) is 19.6 Å². The SMILES string of the molecule is OCc1cccn1CCc1ccccn1. The summed E-state index contributed by atoms with van der Waals surface area (Å²) in [4.78, 5) is 4.26. The molecule has 0 bridgehead atoms. The van der Waals surface area contributed by atoms with Crippen molar-refractivity contribution in [1.82, 2.24) is 9.55 Å². The Morgan fingerprint density at radius 3 is 2.87 bits per heavy atom. The van der Waals surface area contributed by atoms with E-state index in [1.54, 1.807) is 6.20 Å².